The number of H-pyrrole nitrogens is 1. The van der Waals surface area contributed by atoms with Crippen molar-refractivity contribution in [3.8, 4) is 11.1 Å². The van der Waals surface area contributed by atoms with Gasteiger partial charge in [-0.15, -0.1) is 11.3 Å². The summed E-state index contributed by atoms with van der Waals surface area (Å²) in [6, 6.07) is 11.8. The molecule has 170 valence electrons. The zero-order valence-corrected chi connectivity index (χ0v) is 20.2. The molecule has 1 N–H and O–H groups in total. The third kappa shape index (κ3) is 4.43. The molecule has 3 aromatic heterocycles. The molecule has 4 aromatic rings. The van der Waals surface area contributed by atoms with Gasteiger partial charge in [0.25, 0.3) is 5.56 Å². The number of aromatic nitrogens is 3. The normalized spacial score (nSPS) is 16.0. The predicted molar refractivity (Wildman–Crippen MR) is 134 cm³/mol. The lowest BCUT2D eigenvalue weighted by molar-refractivity contribution is 0.0957. The fourth-order valence-corrected chi connectivity index (χ4v) is 6.15. The highest BCUT2D eigenvalue weighted by atomic mass is 32.2. The second kappa shape index (κ2) is 9.29. The molecule has 1 aliphatic heterocycles. The maximum atomic E-state index is 13.0. The van der Waals surface area contributed by atoms with E-state index in [1.165, 1.54) is 23.1 Å². The monoisotopic (exact) mass is 479 g/mol. The molecule has 1 aliphatic rings. The van der Waals surface area contributed by atoms with Gasteiger partial charge in [-0.25, -0.2) is 4.98 Å². The van der Waals surface area contributed by atoms with Crippen LogP contribution in [-0.2, 0) is 11.3 Å². The number of aromatic amines is 1. The number of ketones is 1. The second-order valence-electron chi connectivity index (χ2n) is 8.31. The number of ether oxygens (including phenoxy) is 1. The van der Waals surface area contributed by atoms with E-state index in [9.17, 15) is 9.59 Å². The number of fused-ring (bicyclic) bond motifs is 1. The van der Waals surface area contributed by atoms with Crippen molar-refractivity contribution in [3.63, 3.8) is 0 Å². The summed E-state index contributed by atoms with van der Waals surface area (Å²) >= 11 is 2.72. The molecule has 8 heteroatoms. The molecule has 0 amide bonds. The predicted octanol–water partition coefficient (Wildman–Crippen LogP) is 5.22. The summed E-state index contributed by atoms with van der Waals surface area (Å²) in [6.45, 7) is 5.62. The Kier molecular flexibility index (Phi) is 6.23. The summed E-state index contributed by atoms with van der Waals surface area (Å²) in [5.74, 6) is 0.251. The van der Waals surface area contributed by atoms with Crippen molar-refractivity contribution in [2.45, 2.75) is 44.5 Å². The molecule has 1 saturated heterocycles. The highest BCUT2D eigenvalue weighted by Gasteiger charge is 2.21. The average Bonchev–Trinajstić information content (AvgIpc) is 3.55. The minimum absolute atomic E-state index is 0.0330. The third-order valence-electron chi connectivity index (χ3n) is 6.13. The van der Waals surface area contributed by atoms with Gasteiger partial charge in [-0.3, -0.25) is 9.59 Å². The van der Waals surface area contributed by atoms with Crippen LogP contribution in [0.25, 0.3) is 21.3 Å². The summed E-state index contributed by atoms with van der Waals surface area (Å²) in [6.07, 6.45) is 2.38. The van der Waals surface area contributed by atoms with Gasteiger partial charge in [0.2, 0.25) is 0 Å². The maximum absolute atomic E-state index is 13.0. The van der Waals surface area contributed by atoms with E-state index in [2.05, 4.69) is 14.5 Å². The van der Waals surface area contributed by atoms with Crippen LogP contribution in [0.15, 0.2) is 51.7 Å². The SMILES string of the molecule is Cc1cc(C(=O)CSc2nc3scc(-c4ccccc4)c3c(=O)[nH]2)c(C)n1C[C@H]1CCCO1. The number of nitrogens with zero attached hydrogens (tertiary/aromatic N) is 2. The van der Waals surface area contributed by atoms with Crippen LogP contribution in [0, 0.1) is 13.8 Å². The highest BCUT2D eigenvalue weighted by molar-refractivity contribution is 7.99. The number of carbonyl (C=O) groups is 1. The lowest BCUT2D eigenvalue weighted by atomic mass is 10.1. The van der Waals surface area contributed by atoms with Gasteiger partial charge in [-0.2, -0.15) is 0 Å². The van der Waals surface area contributed by atoms with Crippen molar-refractivity contribution in [3.05, 3.63) is 69.1 Å². The Bertz CT molecular complexity index is 1370. The number of thiophene rings is 1. The molecule has 1 aromatic carbocycles. The number of carbonyl (C=O) groups excluding carboxylic acids is 1. The van der Waals surface area contributed by atoms with E-state index in [1.54, 1.807) is 0 Å². The van der Waals surface area contributed by atoms with Crippen LogP contribution in [-0.4, -0.2) is 38.8 Å². The van der Waals surface area contributed by atoms with Crippen LogP contribution in [0.5, 0.6) is 0 Å². The summed E-state index contributed by atoms with van der Waals surface area (Å²) in [7, 11) is 0. The van der Waals surface area contributed by atoms with E-state index in [4.69, 9.17) is 4.74 Å². The Morgan fingerprint density at radius 2 is 2.12 bits per heavy atom. The van der Waals surface area contributed by atoms with Gasteiger partial charge in [-0.1, -0.05) is 42.1 Å². The molecule has 0 radical (unpaired) electrons. The van der Waals surface area contributed by atoms with Gasteiger partial charge < -0.3 is 14.3 Å². The Labute approximate surface area is 200 Å². The van der Waals surface area contributed by atoms with Crippen LogP contribution in [0.3, 0.4) is 0 Å². The van der Waals surface area contributed by atoms with Gasteiger partial charge >= 0.3 is 0 Å². The Morgan fingerprint density at radius 1 is 1.30 bits per heavy atom. The van der Waals surface area contributed by atoms with Crippen LogP contribution in [0.1, 0.15) is 34.6 Å². The standard InChI is InChI=1S/C25H25N3O3S2/c1-15-11-19(16(2)28(15)12-18-9-6-10-31-18)21(29)14-33-25-26-23(30)22-20(13-32-24(22)27-25)17-7-4-3-5-8-17/h3-5,7-8,11,13,18H,6,9-10,12,14H2,1-2H3,(H,26,27,30)/t18-/m1/s1. The second-order valence-corrected chi connectivity index (χ2v) is 10.1. The van der Waals surface area contributed by atoms with Crippen molar-refractivity contribution in [2.75, 3.05) is 12.4 Å². The fourth-order valence-electron chi connectivity index (χ4n) is 4.40. The van der Waals surface area contributed by atoms with Crippen molar-refractivity contribution in [1.82, 2.24) is 14.5 Å². The molecular formula is C25H25N3O3S2. The Hall–Kier alpha value is -2.68. The van der Waals surface area contributed by atoms with E-state index in [1.807, 2.05) is 55.6 Å². The number of benzene rings is 1. The summed E-state index contributed by atoms with van der Waals surface area (Å²) in [5, 5.41) is 3.03. The average molecular weight is 480 g/mol. The number of hydrogen-bond donors (Lipinski definition) is 1. The van der Waals surface area contributed by atoms with Gasteiger partial charge in [0.15, 0.2) is 10.9 Å². The third-order valence-corrected chi connectivity index (χ3v) is 7.88. The van der Waals surface area contributed by atoms with Crippen molar-refractivity contribution < 1.29 is 9.53 Å². The smallest absolute Gasteiger partial charge is 0.260 e. The molecule has 1 atom stereocenters. The number of aryl methyl sites for hydroxylation is 1. The first-order valence-corrected chi connectivity index (χ1v) is 12.9. The first-order chi connectivity index (χ1) is 16.0. The molecule has 33 heavy (non-hydrogen) atoms. The number of hydrogen-bond acceptors (Lipinski definition) is 6. The maximum Gasteiger partial charge on any atom is 0.260 e. The first kappa shape index (κ1) is 22.1. The summed E-state index contributed by atoms with van der Waals surface area (Å²) in [4.78, 5) is 34.0. The van der Waals surface area contributed by atoms with E-state index in [-0.39, 0.29) is 23.2 Å². The van der Waals surface area contributed by atoms with Crippen molar-refractivity contribution >= 4 is 39.1 Å². The number of thioether (sulfide) groups is 1. The first-order valence-electron chi connectivity index (χ1n) is 11.0. The zero-order chi connectivity index (χ0) is 22.9. The van der Waals surface area contributed by atoms with Crippen molar-refractivity contribution in [1.29, 1.82) is 0 Å². The zero-order valence-electron chi connectivity index (χ0n) is 18.6. The lowest BCUT2D eigenvalue weighted by Crippen LogP contribution is -2.17. The Morgan fingerprint density at radius 3 is 2.88 bits per heavy atom. The Balaban J connectivity index is 1.33. The number of Topliss-reactive ketones (excluding diaryl/α,β-unsaturated/α-hetero) is 1. The molecular weight excluding hydrogens is 454 g/mol. The molecule has 0 aliphatic carbocycles. The fraction of sp³-hybridized carbons (Fsp3) is 0.320. The van der Waals surface area contributed by atoms with Gasteiger partial charge in [0.05, 0.1) is 17.2 Å². The van der Waals surface area contributed by atoms with E-state index in [0.29, 0.717) is 15.4 Å². The molecule has 4 heterocycles. The minimum Gasteiger partial charge on any atom is -0.376 e. The topological polar surface area (TPSA) is 77.0 Å². The molecule has 0 spiro atoms. The highest BCUT2D eigenvalue weighted by Crippen LogP contribution is 2.31. The van der Waals surface area contributed by atoms with Crippen LogP contribution in [0.2, 0.25) is 0 Å². The molecule has 0 unspecified atom stereocenters. The number of nitrogens with one attached hydrogen (secondary N) is 1. The van der Waals surface area contributed by atoms with E-state index < -0.39 is 0 Å². The van der Waals surface area contributed by atoms with Gasteiger partial charge in [-0.05, 0) is 38.3 Å². The molecule has 5 rings (SSSR count). The summed E-state index contributed by atoms with van der Waals surface area (Å²) < 4.78 is 7.94. The quantitative estimate of drug-likeness (QED) is 0.223. The summed E-state index contributed by atoms with van der Waals surface area (Å²) in [5.41, 5.74) is 4.46. The van der Waals surface area contributed by atoms with Crippen molar-refractivity contribution in [2.24, 2.45) is 0 Å². The van der Waals surface area contributed by atoms with Gasteiger partial charge in [0, 0.05) is 41.0 Å². The van der Waals surface area contributed by atoms with Crippen LogP contribution < -0.4 is 5.56 Å². The van der Waals surface area contributed by atoms with Gasteiger partial charge in [0.1, 0.15) is 4.83 Å². The molecule has 6 nitrogen and oxygen atoms in total. The lowest BCUT2D eigenvalue weighted by Gasteiger charge is -2.14. The number of rotatable bonds is 7. The minimum atomic E-state index is -0.176. The molecule has 1 fully saturated rings. The molecule has 0 bridgehead atoms. The van der Waals surface area contributed by atoms with Crippen LogP contribution >= 0.6 is 23.1 Å². The van der Waals surface area contributed by atoms with Crippen LogP contribution in [0.4, 0.5) is 0 Å². The molecule has 0 saturated carbocycles. The van der Waals surface area contributed by atoms with E-state index in [0.717, 1.165) is 54.1 Å². The van der Waals surface area contributed by atoms with E-state index >= 15 is 0 Å². The largest absolute Gasteiger partial charge is 0.376 e.